The van der Waals surface area contributed by atoms with E-state index in [1.54, 1.807) is 24.3 Å². The van der Waals surface area contributed by atoms with Crippen molar-refractivity contribution in [1.82, 2.24) is 0 Å². The molecule has 0 saturated heterocycles. The standard InChI is InChI=1S/C9H10O3.C8H10AsNO5/c1-11-8-6-4-3-5-7(8)9(10)12-2;1-6(11)10-8-4-2-7(3-5-8)9(12,13)15-14/h3-6H,1-2H3;2-5,14H,1H3,(H,10,11)(H,12,13). The zero-order chi connectivity index (χ0) is 20.4. The third-order valence-electron chi connectivity index (χ3n) is 3.14. The number of hydrogen-bond acceptors (Lipinski definition) is 7. The van der Waals surface area contributed by atoms with Crippen molar-refractivity contribution in [3.63, 3.8) is 0 Å². The summed E-state index contributed by atoms with van der Waals surface area (Å²) in [6.45, 7) is 1.35. The molecule has 0 aliphatic carbocycles. The molecule has 0 heterocycles. The second-order valence-electron chi connectivity index (χ2n) is 5.02. The topological polar surface area (TPSA) is 131 Å². The zero-order valence-corrected chi connectivity index (χ0v) is 16.8. The number of hydrogen-bond donors (Lipinski definition) is 3. The molecule has 27 heavy (non-hydrogen) atoms. The van der Waals surface area contributed by atoms with Crippen molar-refractivity contribution in [2.45, 2.75) is 6.92 Å². The Labute approximate surface area is 158 Å². The molecule has 0 aromatic heterocycles. The van der Waals surface area contributed by atoms with Gasteiger partial charge in [-0.2, -0.15) is 0 Å². The number of rotatable bonds is 5. The maximum absolute atomic E-state index is 11.2. The Kier molecular flexibility index (Phi) is 8.77. The predicted molar refractivity (Wildman–Crippen MR) is 97.1 cm³/mol. The minimum atomic E-state index is -4.76. The molecule has 0 fully saturated rings. The van der Waals surface area contributed by atoms with Crippen molar-refractivity contribution in [1.29, 1.82) is 0 Å². The van der Waals surface area contributed by atoms with Crippen LogP contribution in [0, 0.1) is 0 Å². The average molecular weight is 441 g/mol. The number of benzene rings is 2. The molecule has 2 rings (SSSR count). The molecule has 1 atom stereocenters. The second kappa shape index (κ2) is 10.5. The summed E-state index contributed by atoms with van der Waals surface area (Å²) < 4.78 is 33.4. The summed E-state index contributed by atoms with van der Waals surface area (Å²) in [4.78, 5) is 21.8. The molecule has 0 saturated carbocycles. The summed E-state index contributed by atoms with van der Waals surface area (Å²) in [5.41, 5.74) is 0.946. The van der Waals surface area contributed by atoms with Gasteiger partial charge in [0.05, 0.1) is 14.2 Å². The Morgan fingerprint density at radius 2 is 1.63 bits per heavy atom. The number of ether oxygens (including phenoxy) is 2. The average Bonchev–Trinajstić information content (AvgIpc) is 2.67. The molecule has 3 N–H and O–H groups in total. The molecule has 2 aromatic rings. The summed E-state index contributed by atoms with van der Waals surface area (Å²) in [6, 6.07) is 12.4. The van der Waals surface area contributed by atoms with E-state index in [1.165, 1.54) is 45.4 Å². The van der Waals surface area contributed by atoms with Crippen LogP contribution in [0.3, 0.4) is 0 Å². The number of para-hydroxylation sites is 1. The fourth-order valence-corrected chi connectivity index (χ4v) is 3.21. The maximum atomic E-state index is 11.2. The van der Waals surface area contributed by atoms with Gasteiger partial charge in [0.25, 0.3) is 0 Å². The van der Waals surface area contributed by atoms with Crippen LogP contribution in [0.5, 0.6) is 5.75 Å². The van der Waals surface area contributed by atoms with Crippen LogP contribution in [0.1, 0.15) is 17.3 Å². The van der Waals surface area contributed by atoms with E-state index in [9.17, 15) is 13.3 Å². The number of carbonyl (C=O) groups excluding carboxylic acids is 2. The molecule has 9 nitrogen and oxygen atoms in total. The first-order valence-corrected chi connectivity index (χ1v) is 10.8. The molecule has 146 valence electrons. The van der Waals surface area contributed by atoms with E-state index in [2.05, 4.69) is 13.9 Å². The van der Waals surface area contributed by atoms with Gasteiger partial charge in [0.1, 0.15) is 11.3 Å². The van der Waals surface area contributed by atoms with Crippen molar-refractivity contribution >= 4 is 36.1 Å². The number of nitrogens with one attached hydrogen (secondary N) is 1. The van der Waals surface area contributed by atoms with E-state index in [0.29, 0.717) is 17.0 Å². The smallest absolute Gasteiger partial charge is 0.341 e. The number of esters is 1. The Morgan fingerprint density at radius 3 is 2.11 bits per heavy atom. The predicted octanol–water partition coefficient (Wildman–Crippen LogP) is 1.19. The summed E-state index contributed by atoms with van der Waals surface area (Å²) in [7, 11) is 2.86. The molecule has 1 unspecified atom stereocenters. The first kappa shape index (κ1) is 22.5. The van der Waals surface area contributed by atoms with Crippen LogP contribution < -0.4 is 14.4 Å². The number of anilines is 1. The first-order valence-electron chi connectivity index (χ1n) is 7.50. The third kappa shape index (κ3) is 6.91. The van der Waals surface area contributed by atoms with Crippen LogP contribution in [0.4, 0.5) is 5.69 Å². The quantitative estimate of drug-likeness (QED) is 0.273. The fraction of sp³-hybridized carbons (Fsp3) is 0.176. The minimum absolute atomic E-state index is 0.00438. The van der Waals surface area contributed by atoms with Gasteiger partial charge in [0.15, 0.2) is 0 Å². The third-order valence-corrected chi connectivity index (χ3v) is 5.60. The van der Waals surface area contributed by atoms with Gasteiger partial charge in [-0.3, -0.25) is 0 Å². The van der Waals surface area contributed by atoms with Crippen LogP contribution in [0.2, 0.25) is 0 Å². The molecule has 10 heteroatoms. The molecular weight excluding hydrogens is 421 g/mol. The van der Waals surface area contributed by atoms with Gasteiger partial charge in [-0.25, -0.2) is 4.79 Å². The van der Waals surface area contributed by atoms with Gasteiger partial charge in [-0.1, -0.05) is 12.1 Å². The van der Waals surface area contributed by atoms with Gasteiger partial charge in [-0.15, -0.1) is 0 Å². The first-order chi connectivity index (χ1) is 12.7. The van der Waals surface area contributed by atoms with Crippen molar-refractivity contribution < 1.29 is 36.0 Å². The summed E-state index contributed by atoms with van der Waals surface area (Å²) in [5.74, 6) is -0.0875. The molecule has 2 aromatic carbocycles. The molecule has 0 spiro atoms. The second-order valence-corrected chi connectivity index (χ2v) is 8.63. The van der Waals surface area contributed by atoms with Crippen LogP contribution in [0.25, 0.3) is 0 Å². The van der Waals surface area contributed by atoms with Crippen molar-refractivity contribution in [2.24, 2.45) is 0 Å². The Morgan fingerprint density at radius 1 is 1.04 bits per heavy atom. The van der Waals surface area contributed by atoms with Gasteiger partial charge in [-0.05, 0) is 12.1 Å². The zero-order valence-electron chi connectivity index (χ0n) is 14.9. The normalized spacial score (nSPS) is 12.0. The van der Waals surface area contributed by atoms with Crippen LogP contribution in [0.15, 0.2) is 48.5 Å². The summed E-state index contributed by atoms with van der Waals surface area (Å²) in [5, 5.41) is 10.7. The fourth-order valence-electron chi connectivity index (χ4n) is 1.91. The van der Waals surface area contributed by atoms with Gasteiger partial charge in [0.2, 0.25) is 0 Å². The van der Waals surface area contributed by atoms with Crippen molar-refractivity contribution in [3.8, 4) is 5.75 Å². The SMILES string of the molecule is CC(=O)Nc1ccc([As](=O)(O)OO)cc1.COC(=O)c1ccccc1OC. The number of carbonyl (C=O) groups is 2. The van der Waals surface area contributed by atoms with E-state index < -0.39 is 14.2 Å². The van der Waals surface area contributed by atoms with Gasteiger partial charge >= 0.3 is 94.4 Å². The Balaban J connectivity index is 0.000000277. The maximum Gasteiger partial charge on any atom is 0.341 e. The Hall–Kier alpha value is -2.58. The van der Waals surface area contributed by atoms with Crippen molar-refractivity contribution in [2.75, 3.05) is 19.5 Å². The number of methoxy groups -OCH3 is 2. The van der Waals surface area contributed by atoms with Crippen LogP contribution in [-0.4, -0.2) is 49.6 Å². The van der Waals surface area contributed by atoms with Gasteiger partial charge in [0, 0.05) is 0 Å². The van der Waals surface area contributed by atoms with Crippen LogP contribution in [-0.2, 0) is 17.1 Å². The minimum Gasteiger partial charge on any atom is -0.496 e. The summed E-state index contributed by atoms with van der Waals surface area (Å²) >= 11 is -4.76. The Bertz CT molecular complexity index is 822. The van der Waals surface area contributed by atoms with E-state index in [0.717, 1.165) is 0 Å². The van der Waals surface area contributed by atoms with E-state index >= 15 is 0 Å². The molecule has 0 aliphatic heterocycles. The molecule has 0 radical (unpaired) electrons. The van der Waals surface area contributed by atoms with E-state index in [4.69, 9.17) is 14.1 Å². The van der Waals surface area contributed by atoms with E-state index in [1.807, 2.05) is 0 Å². The van der Waals surface area contributed by atoms with E-state index in [-0.39, 0.29) is 16.2 Å². The van der Waals surface area contributed by atoms with Gasteiger partial charge < -0.3 is 9.47 Å². The van der Waals surface area contributed by atoms with Crippen LogP contribution >= 0.6 is 0 Å². The monoisotopic (exact) mass is 441 g/mol. The largest absolute Gasteiger partial charge is 0.496 e. The molecule has 0 aliphatic rings. The number of amides is 1. The molecule has 0 bridgehead atoms. The van der Waals surface area contributed by atoms with Crippen molar-refractivity contribution in [3.05, 3.63) is 54.1 Å². The summed E-state index contributed by atoms with van der Waals surface area (Å²) in [6.07, 6.45) is 0. The molecule has 1 amide bonds. The molecular formula is C17H20AsNO8.